The highest BCUT2D eigenvalue weighted by atomic mass is 19.1. The molecule has 0 saturated heterocycles. The first kappa shape index (κ1) is 13.8. The van der Waals surface area contributed by atoms with Crippen LogP contribution in [0.3, 0.4) is 0 Å². The summed E-state index contributed by atoms with van der Waals surface area (Å²) in [5.74, 6) is 0.727. The van der Waals surface area contributed by atoms with Gasteiger partial charge in [-0.25, -0.2) is 4.39 Å². The van der Waals surface area contributed by atoms with Crippen LogP contribution in [0.5, 0.6) is 17.2 Å². The first-order valence-corrected chi connectivity index (χ1v) is 5.82. The minimum atomic E-state index is -0.454. The van der Waals surface area contributed by atoms with E-state index in [2.05, 4.69) is 0 Å². The summed E-state index contributed by atoms with van der Waals surface area (Å²) in [4.78, 5) is 0. The summed E-state index contributed by atoms with van der Waals surface area (Å²) >= 11 is 0. The van der Waals surface area contributed by atoms with Gasteiger partial charge in [-0.2, -0.15) is 5.26 Å². The molecule has 0 amide bonds. The highest BCUT2D eigenvalue weighted by Gasteiger charge is 2.08. The van der Waals surface area contributed by atoms with Gasteiger partial charge in [0.15, 0.2) is 0 Å². The lowest BCUT2D eigenvalue weighted by molar-refractivity contribution is 0.275. The van der Waals surface area contributed by atoms with Gasteiger partial charge in [-0.05, 0) is 30.3 Å². The highest BCUT2D eigenvalue weighted by Crippen LogP contribution is 2.29. The number of hydrogen-bond donors (Lipinski definition) is 1. The normalized spacial score (nSPS) is 9.90. The molecule has 0 aromatic heterocycles. The van der Waals surface area contributed by atoms with Gasteiger partial charge in [-0.1, -0.05) is 0 Å². The maximum atomic E-state index is 13.1. The van der Waals surface area contributed by atoms with E-state index in [1.807, 2.05) is 6.07 Å². The first-order chi connectivity index (χ1) is 9.66. The molecule has 20 heavy (non-hydrogen) atoms. The minimum absolute atomic E-state index is 0.325. The van der Waals surface area contributed by atoms with Gasteiger partial charge in [0, 0.05) is 11.6 Å². The predicted octanol–water partition coefficient (Wildman–Crippen LogP) is 2.99. The number of rotatable bonds is 4. The first-order valence-electron chi connectivity index (χ1n) is 5.82. The van der Waals surface area contributed by atoms with Gasteiger partial charge in [-0.15, -0.1) is 0 Å². The maximum absolute atomic E-state index is 13.1. The lowest BCUT2D eigenvalue weighted by Gasteiger charge is -2.11. The molecule has 0 heterocycles. The summed E-state index contributed by atoms with van der Waals surface area (Å²) < 4.78 is 23.7. The number of halogens is 1. The van der Waals surface area contributed by atoms with Crippen LogP contribution in [-0.4, -0.2) is 12.2 Å². The Labute approximate surface area is 115 Å². The summed E-state index contributed by atoms with van der Waals surface area (Å²) in [6.45, 7) is -0.345. The Bertz CT molecular complexity index is 665. The van der Waals surface area contributed by atoms with E-state index in [0.29, 0.717) is 28.4 Å². The molecule has 0 aliphatic rings. The Morgan fingerprint density at radius 3 is 2.60 bits per heavy atom. The molecule has 0 atom stereocenters. The molecule has 0 spiro atoms. The molecule has 0 aliphatic heterocycles. The summed E-state index contributed by atoms with van der Waals surface area (Å²) in [7, 11) is 1.48. The fourth-order valence-electron chi connectivity index (χ4n) is 1.71. The van der Waals surface area contributed by atoms with Crippen molar-refractivity contribution in [2.75, 3.05) is 7.11 Å². The molecule has 0 aliphatic carbocycles. The number of benzene rings is 2. The lowest BCUT2D eigenvalue weighted by Crippen LogP contribution is -1.94. The van der Waals surface area contributed by atoms with Crippen LogP contribution in [0.25, 0.3) is 0 Å². The molecule has 0 fully saturated rings. The third-order valence-electron chi connectivity index (χ3n) is 2.67. The van der Waals surface area contributed by atoms with Crippen molar-refractivity contribution in [3.05, 3.63) is 53.3 Å². The van der Waals surface area contributed by atoms with E-state index in [0.717, 1.165) is 0 Å². The molecular weight excluding hydrogens is 261 g/mol. The molecule has 1 N–H and O–H groups in total. The third kappa shape index (κ3) is 3.05. The second kappa shape index (κ2) is 6.04. The van der Waals surface area contributed by atoms with Crippen LogP contribution in [0, 0.1) is 17.1 Å². The number of ether oxygens (including phenoxy) is 2. The molecule has 4 nitrogen and oxygen atoms in total. The molecule has 0 unspecified atom stereocenters. The zero-order valence-corrected chi connectivity index (χ0v) is 10.8. The zero-order valence-electron chi connectivity index (χ0n) is 10.8. The zero-order chi connectivity index (χ0) is 14.5. The number of methoxy groups -OCH3 is 1. The van der Waals surface area contributed by atoms with Crippen molar-refractivity contribution in [1.82, 2.24) is 0 Å². The third-order valence-corrected chi connectivity index (χ3v) is 2.67. The molecule has 0 bridgehead atoms. The lowest BCUT2D eigenvalue weighted by atomic mass is 10.2. The van der Waals surface area contributed by atoms with E-state index in [9.17, 15) is 9.50 Å². The quantitative estimate of drug-likeness (QED) is 0.930. The monoisotopic (exact) mass is 273 g/mol. The van der Waals surface area contributed by atoms with Gasteiger partial charge < -0.3 is 14.6 Å². The average molecular weight is 273 g/mol. The van der Waals surface area contributed by atoms with Crippen LogP contribution in [0.1, 0.15) is 11.1 Å². The summed E-state index contributed by atoms with van der Waals surface area (Å²) in [5.41, 5.74) is 0.707. The van der Waals surface area contributed by atoms with Crippen molar-refractivity contribution in [1.29, 1.82) is 5.26 Å². The van der Waals surface area contributed by atoms with Crippen molar-refractivity contribution in [3.63, 3.8) is 0 Å². The maximum Gasteiger partial charge on any atom is 0.133 e. The van der Waals surface area contributed by atoms with Crippen LogP contribution >= 0.6 is 0 Å². The molecule has 5 heteroatoms. The van der Waals surface area contributed by atoms with Crippen LogP contribution < -0.4 is 9.47 Å². The largest absolute Gasteiger partial charge is 0.497 e. The summed E-state index contributed by atoms with van der Waals surface area (Å²) in [6, 6.07) is 10.6. The fourth-order valence-corrected chi connectivity index (χ4v) is 1.71. The predicted molar refractivity (Wildman–Crippen MR) is 70.1 cm³/mol. The Hall–Kier alpha value is -2.58. The highest BCUT2D eigenvalue weighted by molar-refractivity contribution is 5.46. The molecular formula is C15H12FNO3. The smallest absolute Gasteiger partial charge is 0.133 e. The molecule has 0 radical (unpaired) electrons. The van der Waals surface area contributed by atoms with Crippen molar-refractivity contribution in [3.8, 4) is 23.3 Å². The Morgan fingerprint density at radius 2 is 1.95 bits per heavy atom. The Morgan fingerprint density at radius 1 is 1.20 bits per heavy atom. The Balaban J connectivity index is 2.37. The molecule has 2 aromatic rings. The van der Waals surface area contributed by atoms with Crippen molar-refractivity contribution >= 4 is 0 Å². The van der Waals surface area contributed by atoms with E-state index in [-0.39, 0.29) is 6.61 Å². The van der Waals surface area contributed by atoms with E-state index in [1.54, 1.807) is 12.1 Å². The summed E-state index contributed by atoms with van der Waals surface area (Å²) in [5, 5.41) is 18.1. The molecule has 2 rings (SSSR count). The topological polar surface area (TPSA) is 62.5 Å². The number of nitriles is 1. The Kier molecular flexibility index (Phi) is 4.18. The van der Waals surface area contributed by atoms with E-state index < -0.39 is 5.82 Å². The number of nitrogens with zero attached hydrogens (tertiary/aromatic N) is 1. The second-order valence-electron chi connectivity index (χ2n) is 4.02. The number of aliphatic hydroxyl groups excluding tert-OH is 1. The van der Waals surface area contributed by atoms with Crippen LogP contribution in [-0.2, 0) is 6.61 Å². The standard InChI is InChI=1S/C15H12FNO3/c1-19-13-4-10(8-17)5-14(7-13)20-15-3-2-12(16)6-11(15)9-18/h2-7,18H,9H2,1H3. The molecule has 102 valence electrons. The number of aliphatic hydroxyl groups is 1. The van der Waals surface area contributed by atoms with Gasteiger partial charge in [0.2, 0.25) is 0 Å². The average Bonchev–Trinajstić information content (AvgIpc) is 2.48. The SMILES string of the molecule is COc1cc(C#N)cc(Oc2ccc(F)cc2CO)c1. The fraction of sp³-hybridized carbons (Fsp3) is 0.133. The van der Waals surface area contributed by atoms with Gasteiger partial charge in [0.05, 0.1) is 25.3 Å². The van der Waals surface area contributed by atoms with E-state index in [4.69, 9.17) is 14.7 Å². The van der Waals surface area contributed by atoms with E-state index >= 15 is 0 Å². The van der Waals surface area contributed by atoms with Gasteiger partial charge >= 0.3 is 0 Å². The van der Waals surface area contributed by atoms with Crippen LogP contribution in [0.2, 0.25) is 0 Å². The summed E-state index contributed by atoms with van der Waals surface area (Å²) in [6.07, 6.45) is 0. The molecule has 0 saturated carbocycles. The van der Waals surface area contributed by atoms with E-state index in [1.165, 1.54) is 31.4 Å². The van der Waals surface area contributed by atoms with Gasteiger partial charge in [-0.3, -0.25) is 0 Å². The van der Waals surface area contributed by atoms with Crippen molar-refractivity contribution < 1.29 is 19.0 Å². The van der Waals surface area contributed by atoms with Gasteiger partial charge in [0.1, 0.15) is 23.1 Å². The number of hydrogen-bond acceptors (Lipinski definition) is 4. The van der Waals surface area contributed by atoms with Crippen molar-refractivity contribution in [2.24, 2.45) is 0 Å². The van der Waals surface area contributed by atoms with Crippen LogP contribution in [0.15, 0.2) is 36.4 Å². The molecule has 2 aromatic carbocycles. The minimum Gasteiger partial charge on any atom is -0.497 e. The van der Waals surface area contributed by atoms with Gasteiger partial charge in [0.25, 0.3) is 0 Å². The second-order valence-corrected chi connectivity index (χ2v) is 4.02. The van der Waals surface area contributed by atoms with Crippen molar-refractivity contribution in [2.45, 2.75) is 6.61 Å². The van der Waals surface area contributed by atoms with Crippen LogP contribution in [0.4, 0.5) is 4.39 Å².